The zero-order chi connectivity index (χ0) is 15.6. The summed E-state index contributed by atoms with van der Waals surface area (Å²) < 4.78 is 0. The number of nitrogens with one attached hydrogen (secondary N) is 1. The van der Waals surface area contributed by atoms with E-state index in [9.17, 15) is 14.7 Å². The number of benzene rings is 1. The average Bonchev–Trinajstić information content (AvgIpc) is 2.82. The molecule has 114 valence electrons. The third-order valence-corrected chi connectivity index (χ3v) is 3.97. The fourth-order valence-electron chi connectivity index (χ4n) is 2.66. The molecule has 2 rings (SSSR count). The smallest absolute Gasteiger partial charge is 0.329 e. The van der Waals surface area contributed by atoms with Gasteiger partial charge in [0, 0.05) is 20.6 Å². The van der Waals surface area contributed by atoms with E-state index in [1.807, 2.05) is 37.2 Å². The third-order valence-electron chi connectivity index (χ3n) is 3.97. The second-order valence-corrected chi connectivity index (χ2v) is 5.68. The second kappa shape index (κ2) is 5.63. The van der Waals surface area contributed by atoms with Gasteiger partial charge in [0.05, 0.1) is 11.4 Å². The van der Waals surface area contributed by atoms with Gasteiger partial charge in [0.15, 0.2) is 0 Å². The highest BCUT2D eigenvalue weighted by Gasteiger charge is 2.46. The first-order valence-corrected chi connectivity index (χ1v) is 6.94. The topological polar surface area (TPSA) is 72.9 Å². The quantitative estimate of drug-likeness (QED) is 0.895. The van der Waals surface area contributed by atoms with Gasteiger partial charge in [-0.15, -0.1) is 0 Å². The average molecular weight is 291 g/mol. The highest BCUT2D eigenvalue weighted by molar-refractivity contribution is 5.96. The van der Waals surface area contributed by atoms with E-state index in [0.717, 1.165) is 5.69 Å². The summed E-state index contributed by atoms with van der Waals surface area (Å²) in [6.45, 7) is 2.05. The van der Waals surface area contributed by atoms with E-state index >= 15 is 0 Å². The number of rotatable bonds is 3. The molecule has 0 spiro atoms. The van der Waals surface area contributed by atoms with E-state index in [1.54, 1.807) is 13.0 Å². The number of hydrogen-bond acceptors (Lipinski definition) is 3. The molecule has 0 radical (unpaired) electrons. The predicted octanol–water partition coefficient (Wildman–Crippen LogP) is 2.22. The highest BCUT2D eigenvalue weighted by atomic mass is 16.4. The van der Waals surface area contributed by atoms with Crippen LogP contribution in [0.5, 0.6) is 0 Å². The number of aliphatic carboxylic acids is 1. The lowest BCUT2D eigenvalue weighted by atomic mass is 10.00. The Bertz CT molecular complexity index is 559. The maximum absolute atomic E-state index is 12.4. The normalized spacial score (nSPS) is 21.2. The molecule has 6 heteroatoms. The minimum absolute atomic E-state index is 0.369. The molecule has 1 aliphatic rings. The molecule has 0 saturated carbocycles. The molecule has 0 bridgehead atoms. The molecule has 1 aromatic carbocycles. The monoisotopic (exact) mass is 291 g/mol. The molecule has 1 fully saturated rings. The van der Waals surface area contributed by atoms with Crippen LogP contribution in [-0.2, 0) is 4.79 Å². The van der Waals surface area contributed by atoms with Gasteiger partial charge in [0.1, 0.15) is 5.54 Å². The highest BCUT2D eigenvalue weighted by Crippen LogP contribution is 2.31. The van der Waals surface area contributed by atoms with Crippen molar-refractivity contribution >= 4 is 23.4 Å². The lowest BCUT2D eigenvalue weighted by molar-refractivity contribution is -0.146. The third kappa shape index (κ3) is 2.79. The molecule has 2 N–H and O–H groups in total. The Labute approximate surface area is 124 Å². The summed E-state index contributed by atoms with van der Waals surface area (Å²) >= 11 is 0. The number of carboxylic acids is 1. The van der Waals surface area contributed by atoms with Gasteiger partial charge in [-0.05, 0) is 31.9 Å². The van der Waals surface area contributed by atoms with Crippen LogP contribution >= 0.6 is 0 Å². The van der Waals surface area contributed by atoms with Crippen LogP contribution < -0.4 is 10.2 Å². The Morgan fingerprint density at radius 2 is 2.00 bits per heavy atom. The molecule has 0 aromatic heterocycles. The molecule has 2 amide bonds. The lowest BCUT2D eigenvalue weighted by Crippen LogP contribution is -2.52. The summed E-state index contributed by atoms with van der Waals surface area (Å²) in [4.78, 5) is 27.2. The number of carbonyl (C=O) groups excluding carboxylic acids is 1. The Morgan fingerprint density at radius 1 is 1.33 bits per heavy atom. The minimum atomic E-state index is -1.13. The van der Waals surface area contributed by atoms with Crippen molar-refractivity contribution in [1.82, 2.24) is 4.90 Å². The van der Waals surface area contributed by atoms with Crippen molar-refractivity contribution in [3.05, 3.63) is 24.3 Å². The summed E-state index contributed by atoms with van der Waals surface area (Å²) in [5.74, 6) is -0.962. The molecule has 1 saturated heterocycles. The zero-order valence-electron chi connectivity index (χ0n) is 12.6. The fourth-order valence-corrected chi connectivity index (χ4v) is 2.66. The number of hydrogen-bond donors (Lipinski definition) is 2. The molecule has 1 heterocycles. The van der Waals surface area contributed by atoms with Crippen LogP contribution in [0.4, 0.5) is 16.2 Å². The maximum atomic E-state index is 12.4. The van der Waals surface area contributed by atoms with E-state index in [0.29, 0.717) is 25.1 Å². The number of anilines is 2. The van der Waals surface area contributed by atoms with Gasteiger partial charge in [0.25, 0.3) is 0 Å². The first-order valence-electron chi connectivity index (χ1n) is 6.94. The molecule has 1 atom stereocenters. The largest absolute Gasteiger partial charge is 0.480 e. The van der Waals surface area contributed by atoms with Crippen molar-refractivity contribution in [3.63, 3.8) is 0 Å². The molecule has 1 aromatic rings. The number of urea groups is 1. The Hall–Kier alpha value is -2.24. The standard InChI is InChI=1S/C15H21N3O3/c1-15(13(19)20)9-6-10-18(15)14(21)16-11-7-4-5-8-12(11)17(2)3/h4-5,7-8H,6,9-10H2,1-3H3,(H,16,21)(H,19,20). The first-order chi connectivity index (χ1) is 9.86. The Kier molecular flexibility index (Phi) is 4.06. The minimum Gasteiger partial charge on any atom is -0.480 e. The van der Waals surface area contributed by atoms with Gasteiger partial charge in [-0.2, -0.15) is 0 Å². The van der Waals surface area contributed by atoms with E-state index in [4.69, 9.17) is 0 Å². The van der Waals surface area contributed by atoms with Crippen LogP contribution in [0, 0.1) is 0 Å². The molecule has 1 aliphatic heterocycles. The second-order valence-electron chi connectivity index (χ2n) is 5.68. The van der Waals surface area contributed by atoms with Crippen molar-refractivity contribution in [2.24, 2.45) is 0 Å². The van der Waals surface area contributed by atoms with Crippen molar-refractivity contribution in [1.29, 1.82) is 0 Å². The van der Waals surface area contributed by atoms with Crippen LogP contribution in [-0.4, -0.2) is 48.2 Å². The van der Waals surface area contributed by atoms with Crippen molar-refractivity contribution in [2.45, 2.75) is 25.3 Å². The zero-order valence-corrected chi connectivity index (χ0v) is 12.6. The number of likely N-dealkylation sites (tertiary alicyclic amines) is 1. The summed E-state index contributed by atoms with van der Waals surface area (Å²) in [6, 6.07) is 7.06. The summed E-state index contributed by atoms with van der Waals surface area (Å²) in [5, 5.41) is 12.2. The van der Waals surface area contributed by atoms with Gasteiger partial charge in [0.2, 0.25) is 0 Å². The summed E-state index contributed by atoms with van der Waals surface area (Å²) in [6.07, 6.45) is 1.18. The van der Waals surface area contributed by atoms with Crippen LogP contribution in [0.15, 0.2) is 24.3 Å². The van der Waals surface area contributed by atoms with Gasteiger partial charge < -0.3 is 20.2 Å². The number of nitrogens with zero attached hydrogens (tertiary/aromatic N) is 2. The van der Waals surface area contributed by atoms with Gasteiger partial charge >= 0.3 is 12.0 Å². The Balaban J connectivity index is 2.21. The summed E-state index contributed by atoms with van der Waals surface area (Å²) in [7, 11) is 3.78. The first kappa shape index (κ1) is 15.2. The fraction of sp³-hybridized carbons (Fsp3) is 0.467. The maximum Gasteiger partial charge on any atom is 0.329 e. The summed E-state index contributed by atoms with van der Waals surface area (Å²) in [5.41, 5.74) is 0.422. The predicted molar refractivity (Wildman–Crippen MR) is 81.8 cm³/mol. The van der Waals surface area contributed by atoms with Crippen molar-refractivity contribution in [3.8, 4) is 0 Å². The molecular weight excluding hydrogens is 270 g/mol. The molecule has 6 nitrogen and oxygen atoms in total. The van der Waals surface area contributed by atoms with E-state index in [2.05, 4.69) is 5.32 Å². The number of carboxylic acid groups (broad SMARTS) is 1. The van der Waals surface area contributed by atoms with Crippen LogP contribution in [0.25, 0.3) is 0 Å². The van der Waals surface area contributed by atoms with E-state index < -0.39 is 11.5 Å². The van der Waals surface area contributed by atoms with Gasteiger partial charge in [-0.25, -0.2) is 9.59 Å². The number of carbonyl (C=O) groups is 2. The van der Waals surface area contributed by atoms with Gasteiger partial charge in [-0.3, -0.25) is 0 Å². The number of amides is 2. The van der Waals surface area contributed by atoms with Crippen molar-refractivity contribution in [2.75, 3.05) is 30.9 Å². The lowest BCUT2D eigenvalue weighted by Gasteiger charge is -2.31. The molecule has 0 aliphatic carbocycles. The van der Waals surface area contributed by atoms with E-state index in [1.165, 1.54) is 4.90 Å². The van der Waals surface area contributed by atoms with Crippen LogP contribution in [0.1, 0.15) is 19.8 Å². The van der Waals surface area contributed by atoms with E-state index in [-0.39, 0.29) is 6.03 Å². The SMILES string of the molecule is CN(C)c1ccccc1NC(=O)N1CCCC1(C)C(=O)O. The van der Waals surface area contributed by atoms with Crippen LogP contribution in [0.3, 0.4) is 0 Å². The van der Waals surface area contributed by atoms with Crippen LogP contribution in [0.2, 0.25) is 0 Å². The molecular formula is C15H21N3O3. The number of para-hydroxylation sites is 2. The van der Waals surface area contributed by atoms with Crippen molar-refractivity contribution < 1.29 is 14.7 Å². The molecule has 1 unspecified atom stereocenters. The molecule has 21 heavy (non-hydrogen) atoms. The Morgan fingerprint density at radius 3 is 2.62 bits per heavy atom. The van der Waals surface area contributed by atoms with Gasteiger partial charge in [-0.1, -0.05) is 12.1 Å².